The number of anilines is 5. The van der Waals surface area contributed by atoms with Crippen molar-refractivity contribution in [2.45, 2.75) is 18.6 Å². The second kappa shape index (κ2) is 14.6. The maximum Gasteiger partial charge on any atom is 0.275 e. The topological polar surface area (TPSA) is 69.2 Å². The van der Waals surface area contributed by atoms with E-state index in [0.717, 1.165) is 57.4 Å². The van der Waals surface area contributed by atoms with Crippen molar-refractivity contribution >= 4 is 40.1 Å². The van der Waals surface area contributed by atoms with Crippen molar-refractivity contribution in [2.75, 3.05) is 22.2 Å². The van der Waals surface area contributed by atoms with Crippen LogP contribution >= 0.6 is 0 Å². The molecule has 6 aromatic rings. The number of methoxy groups -OCH3 is 1. The predicted octanol–water partition coefficient (Wildman–Crippen LogP) is 9.08. The van der Waals surface area contributed by atoms with E-state index in [1.54, 1.807) is 12.0 Å². The minimum Gasteiger partial charge on any atom is -0.497 e. The maximum absolute atomic E-state index is 15.1. The van der Waals surface area contributed by atoms with Crippen LogP contribution in [0.5, 0.6) is 5.75 Å². The molecule has 242 valence electrons. The first-order valence-corrected chi connectivity index (χ1v) is 16.3. The smallest absolute Gasteiger partial charge is 0.275 e. The van der Waals surface area contributed by atoms with E-state index >= 15 is 4.79 Å². The SMILES string of the molecule is COc1ccc([C@@H]2CC(c3ccc(NC(C(=O)N(c4ccccc4)c4ccccc4)N(c4ccccc4)c4ccccc4)cc3)=NN2)cc1. The molecule has 0 spiro atoms. The van der Waals surface area contributed by atoms with Gasteiger partial charge in [-0.05, 0) is 83.9 Å². The first-order valence-electron chi connectivity index (χ1n) is 16.3. The molecule has 0 aromatic heterocycles. The highest BCUT2D eigenvalue weighted by Gasteiger charge is 2.33. The van der Waals surface area contributed by atoms with Gasteiger partial charge >= 0.3 is 0 Å². The standard InChI is InChI=1S/C42H37N5O2/c1-49-38-28-24-32(25-29-38)40-30-39(44-45-40)31-22-26-33(27-23-31)43-41(46(34-14-6-2-7-15-34)35-16-8-3-9-17-35)42(48)47(36-18-10-4-11-19-36)37-20-12-5-13-21-37/h2-29,40-41,43,45H,30H2,1H3/t40-,41?/m0/s1. The molecule has 0 fully saturated rings. The summed E-state index contributed by atoms with van der Waals surface area (Å²) in [5, 5.41) is 8.30. The predicted molar refractivity (Wildman–Crippen MR) is 199 cm³/mol. The number of nitrogens with zero attached hydrogens (tertiary/aromatic N) is 3. The molecule has 0 saturated heterocycles. The Hall–Kier alpha value is -6.34. The third kappa shape index (κ3) is 7.01. The highest BCUT2D eigenvalue weighted by molar-refractivity contribution is 6.07. The van der Waals surface area contributed by atoms with Crippen molar-refractivity contribution in [2.24, 2.45) is 5.10 Å². The van der Waals surface area contributed by atoms with Crippen LogP contribution in [0.3, 0.4) is 0 Å². The average molecular weight is 644 g/mol. The number of carbonyl (C=O) groups is 1. The van der Waals surface area contributed by atoms with Crippen molar-refractivity contribution < 1.29 is 9.53 Å². The number of benzene rings is 6. The van der Waals surface area contributed by atoms with Crippen LogP contribution in [0.25, 0.3) is 0 Å². The van der Waals surface area contributed by atoms with Gasteiger partial charge in [0.2, 0.25) is 0 Å². The van der Waals surface area contributed by atoms with E-state index in [2.05, 4.69) is 45.0 Å². The molecule has 1 aliphatic heterocycles. The third-order valence-electron chi connectivity index (χ3n) is 8.60. The van der Waals surface area contributed by atoms with Crippen LogP contribution in [-0.4, -0.2) is 24.9 Å². The Morgan fingerprint density at radius 3 is 1.65 bits per heavy atom. The van der Waals surface area contributed by atoms with Crippen molar-refractivity contribution in [3.8, 4) is 5.75 Å². The molecule has 2 atom stereocenters. The summed E-state index contributed by atoms with van der Waals surface area (Å²) in [7, 11) is 1.67. The van der Waals surface area contributed by atoms with Crippen LogP contribution in [0.15, 0.2) is 175 Å². The lowest BCUT2D eigenvalue weighted by atomic mass is 9.99. The fourth-order valence-electron chi connectivity index (χ4n) is 6.11. The molecule has 7 heteroatoms. The third-order valence-corrected chi connectivity index (χ3v) is 8.60. The fourth-order valence-corrected chi connectivity index (χ4v) is 6.11. The minimum absolute atomic E-state index is 0.0907. The van der Waals surface area contributed by atoms with E-state index in [9.17, 15) is 0 Å². The molecule has 7 nitrogen and oxygen atoms in total. The molecule has 1 amide bonds. The number of hydrogen-bond acceptors (Lipinski definition) is 6. The molecule has 7 rings (SSSR count). The molecular weight excluding hydrogens is 606 g/mol. The number of nitrogens with one attached hydrogen (secondary N) is 2. The van der Waals surface area contributed by atoms with Crippen LogP contribution in [0, 0.1) is 0 Å². The highest BCUT2D eigenvalue weighted by Crippen LogP contribution is 2.33. The molecule has 0 saturated carbocycles. The van der Waals surface area contributed by atoms with Gasteiger partial charge < -0.3 is 20.4 Å². The van der Waals surface area contributed by atoms with Crippen LogP contribution in [0.1, 0.15) is 23.6 Å². The summed E-state index contributed by atoms with van der Waals surface area (Å²) in [6.45, 7) is 0. The number of carbonyl (C=O) groups excluding carboxylic acids is 1. The Balaban J connectivity index is 1.23. The largest absolute Gasteiger partial charge is 0.497 e. The number of hydrogen-bond donors (Lipinski definition) is 2. The van der Waals surface area contributed by atoms with Crippen LogP contribution in [-0.2, 0) is 4.79 Å². The second-order valence-electron chi connectivity index (χ2n) is 11.7. The first kappa shape index (κ1) is 31.3. The molecule has 1 unspecified atom stereocenters. The molecule has 2 N–H and O–H groups in total. The minimum atomic E-state index is -0.819. The summed E-state index contributed by atoms with van der Waals surface area (Å²) in [5.74, 6) is 0.692. The van der Waals surface area contributed by atoms with Gasteiger partial charge in [-0.15, -0.1) is 0 Å². The lowest BCUT2D eigenvalue weighted by Crippen LogP contribution is -2.50. The number of amides is 1. The summed E-state index contributed by atoms with van der Waals surface area (Å²) in [5.41, 5.74) is 10.6. The second-order valence-corrected chi connectivity index (χ2v) is 11.7. The average Bonchev–Trinajstić information content (AvgIpc) is 3.67. The van der Waals surface area contributed by atoms with E-state index in [-0.39, 0.29) is 11.9 Å². The Kier molecular flexibility index (Phi) is 9.32. The number of hydrazone groups is 1. The van der Waals surface area contributed by atoms with Gasteiger partial charge in [-0.25, -0.2) is 0 Å². The molecule has 1 heterocycles. The number of rotatable bonds is 11. The Bertz CT molecular complexity index is 1910. The van der Waals surface area contributed by atoms with E-state index in [1.165, 1.54) is 0 Å². The first-order chi connectivity index (χ1) is 24.2. The fraction of sp³-hybridized carbons (Fsp3) is 0.0952. The zero-order chi connectivity index (χ0) is 33.4. The maximum atomic E-state index is 15.1. The summed E-state index contributed by atoms with van der Waals surface area (Å²) in [6.07, 6.45) is -0.0555. The molecule has 1 aliphatic rings. The number of ether oxygens (including phenoxy) is 1. The van der Waals surface area contributed by atoms with Crippen LogP contribution in [0.4, 0.5) is 28.4 Å². The van der Waals surface area contributed by atoms with Gasteiger partial charge in [-0.1, -0.05) is 97.1 Å². The Morgan fingerprint density at radius 2 is 1.16 bits per heavy atom. The Labute approximate surface area is 287 Å². The van der Waals surface area contributed by atoms with Gasteiger partial charge in [0.1, 0.15) is 5.75 Å². The molecule has 0 aliphatic carbocycles. The zero-order valence-electron chi connectivity index (χ0n) is 27.2. The monoisotopic (exact) mass is 643 g/mol. The molecule has 0 bridgehead atoms. The van der Waals surface area contributed by atoms with Crippen molar-refractivity contribution in [3.63, 3.8) is 0 Å². The van der Waals surface area contributed by atoms with Crippen molar-refractivity contribution in [1.82, 2.24) is 5.43 Å². The highest BCUT2D eigenvalue weighted by atomic mass is 16.5. The summed E-state index contributed by atoms with van der Waals surface area (Å²) >= 11 is 0. The molecule has 0 radical (unpaired) electrons. The molecule has 49 heavy (non-hydrogen) atoms. The Morgan fingerprint density at radius 1 is 0.673 bits per heavy atom. The zero-order valence-corrected chi connectivity index (χ0v) is 27.2. The van der Waals surface area contributed by atoms with Gasteiger partial charge in [-0.2, -0.15) is 5.10 Å². The van der Waals surface area contributed by atoms with Gasteiger partial charge in [0.05, 0.1) is 18.9 Å². The quantitative estimate of drug-likeness (QED) is 0.138. The normalized spacial score (nSPS) is 14.2. The van der Waals surface area contributed by atoms with Gasteiger partial charge in [-0.3, -0.25) is 9.69 Å². The number of para-hydroxylation sites is 4. The van der Waals surface area contributed by atoms with E-state index in [4.69, 9.17) is 4.74 Å². The van der Waals surface area contributed by atoms with Gasteiger partial charge in [0.15, 0.2) is 6.17 Å². The summed E-state index contributed by atoms with van der Waals surface area (Å²) in [6, 6.07) is 55.9. The summed E-state index contributed by atoms with van der Waals surface area (Å²) in [4.78, 5) is 18.9. The lowest BCUT2D eigenvalue weighted by molar-refractivity contribution is -0.118. The summed E-state index contributed by atoms with van der Waals surface area (Å²) < 4.78 is 5.32. The van der Waals surface area contributed by atoms with Gasteiger partial charge in [0, 0.05) is 34.9 Å². The van der Waals surface area contributed by atoms with Crippen molar-refractivity contribution in [3.05, 3.63) is 181 Å². The van der Waals surface area contributed by atoms with Crippen LogP contribution in [0.2, 0.25) is 0 Å². The van der Waals surface area contributed by atoms with Crippen LogP contribution < -0.4 is 25.3 Å². The van der Waals surface area contributed by atoms with E-state index < -0.39 is 6.17 Å². The molecule has 6 aromatic carbocycles. The van der Waals surface area contributed by atoms with E-state index in [1.807, 2.05) is 146 Å². The van der Waals surface area contributed by atoms with E-state index in [0.29, 0.717) is 0 Å². The van der Waals surface area contributed by atoms with Crippen molar-refractivity contribution in [1.29, 1.82) is 0 Å². The van der Waals surface area contributed by atoms with Gasteiger partial charge in [0.25, 0.3) is 5.91 Å². The lowest BCUT2D eigenvalue weighted by Gasteiger charge is -2.37. The molecular formula is C42H37N5O2.